The maximum absolute atomic E-state index is 12.4. The van der Waals surface area contributed by atoms with Crippen molar-refractivity contribution in [2.75, 3.05) is 0 Å². The zero-order chi connectivity index (χ0) is 22.6. The van der Waals surface area contributed by atoms with Gasteiger partial charge in [-0.05, 0) is 91.3 Å². The van der Waals surface area contributed by atoms with Crippen LogP contribution < -0.4 is 5.32 Å². The number of aliphatic carboxylic acids is 1. The Morgan fingerprint density at radius 2 is 1.74 bits per heavy atom. The Labute approximate surface area is 189 Å². The number of carbonyl (C=O) groups excluding carboxylic acids is 1. The van der Waals surface area contributed by atoms with E-state index in [1.807, 2.05) is 0 Å². The first-order chi connectivity index (χ1) is 14.6. The average molecular weight is 432 g/mol. The first-order valence-electron chi connectivity index (χ1n) is 13.1. The predicted octanol–water partition coefficient (Wildman–Crippen LogP) is 5.90. The van der Waals surface area contributed by atoms with E-state index in [0.717, 1.165) is 30.1 Å². The Hall–Kier alpha value is -1.06. The molecule has 3 aliphatic carbocycles. The van der Waals surface area contributed by atoms with Crippen LogP contribution in [-0.2, 0) is 9.59 Å². The second-order valence-corrected chi connectivity index (χ2v) is 12.6. The number of carbonyl (C=O) groups is 2. The number of nitrogens with one attached hydrogen (secondary N) is 1. The summed E-state index contributed by atoms with van der Waals surface area (Å²) in [4.78, 5) is 24.1. The maximum atomic E-state index is 12.4. The molecule has 1 saturated heterocycles. The molecule has 4 fully saturated rings. The molecule has 1 aliphatic heterocycles. The summed E-state index contributed by atoms with van der Waals surface area (Å²) >= 11 is 0. The molecule has 0 bridgehead atoms. The molecule has 0 aromatic rings. The highest BCUT2D eigenvalue weighted by molar-refractivity contribution is 5.97. The number of amides is 1. The third kappa shape index (κ3) is 3.84. The molecule has 3 saturated carbocycles. The van der Waals surface area contributed by atoms with Gasteiger partial charge in [-0.3, -0.25) is 9.59 Å². The fraction of sp³-hybridized carbons (Fsp3) is 0.926. The summed E-state index contributed by atoms with van der Waals surface area (Å²) in [6.07, 6.45) is 12.1. The van der Waals surface area contributed by atoms with Crippen molar-refractivity contribution in [1.29, 1.82) is 0 Å². The van der Waals surface area contributed by atoms with Gasteiger partial charge in [0.05, 0.1) is 0 Å². The molecular formula is C27H45NO3. The van der Waals surface area contributed by atoms with Crippen molar-refractivity contribution in [1.82, 2.24) is 5.32 Å². The highest BCUT2D eigenvalue weighted by Crippen LogP contribution is 2.67. The van der Waals surface area contributed by atoms with Crippen molar-refractivity contribution in [3.05, 3.63) is 0 Å². The van der Waals surface area contributed by atoms with E-state index in [2.05, 4.69) is 39.9 Å². The molecule has 1 heterocycles. The molecule has 176 valence electrons. The Kier molecular flexibility index (Phi) is 6.24. The zero-order valence-corrected chi connectivity index (χ0v) is 20.5. The van der Waals surface area contributed by atoms with Crippen molar-refractivity contribution < 1.29 is 14.7 Å². The SMILES string of the molecule is CC(C)CCC[C@@H](C)[C@H]1CC[C@H]2[C@@H]3CCC4NC(=O)C(C(=O)O)C[C@]4(C)[C@H]3CC[C@]12C. The van der Waals surface area contributed by atoms with E-state index in [9.17, 15) is 14.7 Å². The number of carboxylic acids is 1. The summed E-state index contributed by atoms with van der Waals surface area (Å²) in [5.41, 5.74) is 0.383. The molecule has 0 spiro atoms. The summed E-state index contributed by atoms with van der Waals surface area (Å²) in [6, 6.07) is 0.161. The average Bonchev–Trinajstić information content (AvgIpc) is 3.05. The molecule has 0 radical (unpaired) electrons. The van der Waals surface area contributed by atoms with Gasteiger partial charge in [0, 0.05) is 6.04 Å². The Bertz CT molecular complexity index is 705. The lowest BCUT2D eigenvalue weighted by atomic mass is 9.46. The fourth-order valence-corrected chi connectivity index (χ4v) is 9.02. The van der Waals surface area contributed by atoms with Crippen LogP contribution in [0.25, 0.3) is 0 Å². The first-order valence-corrected chi connectivity index (χ1v) is 13.1. The number of piperidine rings is 1. The lowest BCUT2D eigenvalue weighted by Gasteiger charge is -2.61. The first kappa shape index (κ1) is 23.1. The minimum absolute atomic E-state index is 0.0673. The van der Waals surface area contributed by atoms with Crippen LogP contribution in [0.5, 0.6) is 0 Å². The van der Waals surface area contributed by atoms with E-state index >= 15 is 0 Å². The number of hydrogen-bond donors (Lipinski definition) is 2. The van der Waals surface area contributed by atoms with Crippen LogP contribution in [-0.4, -0.2) is 23.0 Å². The molecular weight excluding hydrogens is 386 g/mol. The molecule has 1 amide bonds. The van der Waals surface area contributed by atoms with Gasteiger partial charge in [-0.25, -0.2) is 0 Å². The molecule has 2 N–H and O–H groups in total. The Morgan fingerprint density at radius 1 is 1.03 bits per heavy atom. The Balaban J connectivity index is 1.50. The van der Waals surface area contributed by atoms with Crippen LogP contribution in [0.15, 0.2) is 0 Å². The van der Waals surface area contributed by atoms with E-state index in [4.69, 9.17) is 0 Å². The van der Waals surface area contributed by atoms with E-state index in [1.165, 1.54) is 51.4 Å². The number of hydrogen-bond acceptors (Lipinski definition) is 2. The molecule has 4 rings (SSSR count). The normalized spacial score (nSPS) is 45.4. The van der Waals surface area contributed by atoms with E-state index in [-0.39, 0.29) is 17.4 Å². The summed E-state index contributed by atoms with van der Waals surface area (Å²) < 4.78 is 0. The van der Waals surface area contributed by atoms with Crippen molar-refractivity contribution in [3.8, 4) is 0 Å². The van der Waals surface area contributed by atoms with E-state index in [0.29, 0.717) is 23.7 Å². The standard InChI is InChI=1S/C27H45NO3/c1-16(2)7-6-8-17(3)20-10-11-21-18-9-12-23-27(5,22(18)13-14-26(20,21)4)15-19(25(30)31)24(29)28-23/h16-23H,6-15H2,1-5H3,(H,28,29)(H,30,31)/t17-,18+,19?,20-,21+,22+,23?,26-,27-/m1/s1. The highest BCUT2D eigenvalue weighted by Gasteiger charge is 2.62. The summed E-state index contributed by atoms with van der Waals surface area (Å²) in [5, 5.41) is 12.8. The molecule has 2 unspecified atom stereocenters. The van der Waals surface area contributed by atoms with Gasteiger partial charge in [-0.1, -0.05) is 53.9 Å². The van der Waals surface area contributed by atoms with Crippen LogP contribution in [0.3, 0.4) is 0 Å². The number of fused-ring (bicyclic) bond motifs is 5. The van der Waals surface area contributed by atoms with Crippen LogP contribution in [0.1, 0.15) is 98.8 Å². The molecule has 0 aromatic heterocycles. The second kappa shape index (κ2) is 8.37. The minimum atomic E-state index is -0.948. The van der Waals surface area contributed by atoms with Gasteiger partial charge >= 0.3 is 5.97 Å². The topological polar surface area (TPSA) is 66.4 Å². The van der Waals surface area contributed by atoms with Crippen molar-refractivity contribution >= 4 is 11.9 Å². The van der Waals surface area contributed by atoms with Crippen molar-refractivity contribution in [2.24, 2.45) is 52.3 Å². The molecule has 4 heteroatoms. The monoisotopic (exact) mass is 431 g/mol. The summed E-state index contributed by atoms with van der Waals surface area (Å²) in [7, 11) is 0. The third-order valence-corrected chi connectivity index (χ3v) is 10.6. The predicted molar refractivity (Wildman–Crippen MR) is 123 cm³/mol. The summed E-state index contributed by atoms with van der Waals surface area (Å²) in [6.45, 7) is 12.1. The van der Waals surface area contributed by atoms with Gasteiger partial charge in [-0.15, -0.1) is 0 Å². The van der Waals surface area contributed by atoms with Gasteiger partial charge < -0.3 is 10.4 Å². The van der Waals surface area contributed by atoms with Crippen LogP contribution in [0, 0.1) is 52.3 Å². The second-order valence-electron chi connectivity index (χ2n) is 12.6. The smallest absolute Gasteiger partial charge is 0.316 e. The quantitative estimate of drug-likeness (QED) is 0.515. The third-order valence-electron chi connectivity index (χ3n) is 10.6. The van der Waals surface area contributed by atoms with Gasteiger partial charge in [0.25, 0.3) is 0 Å². The largest absolute Gasteiger partial charge is 0.481 e. The van der Waals surface area contributed by atoms with Crippen molar-refractivity contribution in [2.45, 2.75) is 105 Å². The molecule has 4 aliphatic rings. The molecule has 0 aromatic carbocycles. The van der Waals surface area contributed by atoms with E-state index < -0.39 is 11.9 Å². The van der Waals surface area contributed by atoms with Crippen molar-refractivity contribution in [3.63, 3.8) is 0 Å². The Morgan fingerprint density at radius 3 is 2.42 bits per heavy atom. The van der Waals surface area contributed by atoms with E-state index in [1.54, 1.807) is 0 Å². The van der Waals surface area contributed by atoms with Crippen LogP contribution in [0.4, 0.5) is 0 Å². The fourth-order valence-electron chi connectivity index (χ4n) is 9.02. The van der Waals surface area contributed by atoms with Crippen LogP contribution in [0.2, 0.25) is 0 Å². The lowest BCUT2D eigenvalue weighted by molar-refractivity contribution is -0.160. The number of carboxylic acid groups (broad SMARTS) is 1. The van der Waals surface area contributed by atoms with Gasteiger partial charge in [0.1, 0.15) is 5.92 Å². The lowest BCUT2D eigenvalue weighted by Crippen LogP contribution is -2.64. The van der Waals surface area contributed by atoms with Gasteiger partial charge in [0.15, 0.2) is 0 Å². The van der Waals surface area contributed by atoms with Crippen LogP contribution >= 0.6 is 0 Å². The molecule has 31 heavy (non-hydrogen) atoms. The highest BCUT2D eigenvalue weighted by atomic mass is 16.4. The number of rotatable bonds is 6. The van der Waals surface area contributed by atoms with Gasteiger partial charge in [0.2, 0.25) is 5.91 Å². The zero-order valence-electron chi connectivity index (χ0n) is 20.5. The molecule has 4 nitrogen and oxygen atoms in total. The van der Waals surface area contributed by atoms with Gasteiger partial charge in [-0.2, -0.15) is 0 Å². The maximum Gasteiger partial charge on any atom is 0.316 e. The minimum Gasteiger partial charge on any atom is -0.481 e. The molecule has 9 atom stereocenters. The summed E-state index contributed by atoms with van der Waals surface area (Å²) in [5.74, 6) is 2.42.